The molecular weight excluding hydrogens is 248 g/mol. The molecule has 0 spiro atoms. The fraction of sp³-hybridized carbons (Fsp3) is 0.308. The standard InChI is InChI=1S/C13H16N2O2S/c1-16-9-3-4-12(17-2)10(7-9)11(14)8-13-15-5-6-18-13/h3-7,11H,8,14H2,1-2H3. The van der Waals surface area contributed by atoms with E-state index in [0.29, 0.717) is 6.42 Å². The second-order valence-corrected chi connectivity index (χ2v) is 4.82. The van der Waals surface area contributed by atoms with Crippen molar-refractivity contribution in [3.63, 3.8) is 0 Å². The average Bonchev–Trinajstić information content (AvgIpc) is 2.90. The molecule has 0 aliphatic carbocycles. The summed E-state index contributed by atoms with van der Waals surface area (Å²) in [4.78, 5) is 4.25. The van der Waals surface area contributed by atoms with Gasteiger partial charge in [-0.3, -0.25) is 0 Å². The Balaban J connectivity index is 2.24. The average molecular weight is 264 g/mol. The molecule has 18 heavy (non-hydrogen) atoms. The smallest absolute Gasteiger partial charge is 0.123 e. The van der Waals surface area contributed by atoms with Crippen LogP contribution in [-0.4, -0.2) is 19.2 Å². The van der Waals surface area contributed by atoms with Crippen molar-refractivity contribution < 1.29 is 9.47 Å². The van der Waals surface area contributed by atoms with Gasteiger partial charge in [-0.05, 0) is 18.2 Å². The second-order valence-electron chi connectivity index (χ2n) is 3.84. The first kappa shape index (κ1) is 12.9. The van der Waals surface area contributed by atoms with Gasteiger partial charge in [-0.25, -0.2) is 4.98 Å². The van der Waals surface area contributed by atoms with Crippen LogP contribution < -0.4 is 15.2 Å². The Hall–Kier alpha value is -1.59. The van der Waals surface area contributed by atoms with Crippen molar-refractivity contribution in [1.29, 1.82) is 0 Å². The topological polar surface area (TPSA) is 57.4 Å². The quantitative estimate of drug-likeness (QED) is 0.901. The number of nitrogens with zero attached hydrogens (tertiary/aromatic N) is 1. The van der Waals surface area contributed by atoms with Crippen LogP contribution in [0, 0.1) is 0 Å². The number of hydrogen-bond donors (Lipinski definition) is 1. The summed E-state index contributed by atoms with van der Waals surface area (Å²) >= 11 is 1.61. The Labute approximate surface area is 110 Å². The highest BCUT2D eigenvalue weighted by Crippen LogP contribution is 2.30. The molecule has 4 nitrogen and oxygen atoms in total. The van der Waals surface area contributed by atoms with Gasteiger partial charge in [0.2, 0.25) is 0 Å². The minimum Gasteiger partial charge on any atom is -0.497 e. The van der Waals surface area contributed by atoms with E-state index < -0.39 is 0 Å². The van der Waals surface area contributed by atoms with Gasteiger partial charge in [0, 0.05) is 29.6 Å². The highest BCUT2D eigenvalue weighted by atomic mass is 32.1. The van der Waals surface area contributed by atoms with Crippen LogP contribution in [0.5, 0.6) is 11.5 Å². The third-order valence-corrected chi connectivity index (χ3v) is 3.52. The van der Waals surface area contributed by atoms with E-state index in [1.165, 1.54) is 0 Å². The van der Waals surface area contributed by atoms with Gasteiger partial charge < -0.3 is 15.2 Å². The van der Waals surface area contributed by atoms with Crippen molar-refractivity contribution in [2.24, 2.45) is 5.73 Å². The molecule has 1 heterocycles. The monoisotopic (exact) mass is 264 g/mol. The van der Waals surface area contributed by atoms with Gasteiger partial charge >= 0.3 is 0 Å². The number of hydrogen-bond acceptors (Lipinski definition) is 5. The molecule has 0 saturated carbocycles. The largest absolute Gasteiger partial charge is 0.497 e. The minimum absolute atomic E-state index is 0.152. The summed E-state index contributed by atoms with van der Waals surface area (Å²) in [7, 11) is 3.28. The van der Waals surface area contributed by atoms with Crippen molar-refractivity contribution in [2.45, 2.75) is 12.5 Å². The highest BCUT2D eigenvalue weighted by Gasteiger charge is 2.14. The van der Waals surface area contributed by atoms with E-state index in [1.54, 1.807) is 31.8 Å². The summed E-state index contributed by atoms with van der Waals surface area (Å²) in [6.45, 7) is 0. The molecule has 1 aromatic heterocycles. The number of benzene rings is 1. The summed E-state index contributed by atoms with van der Waals surface area (Å²) in [5.74, 6) is 1.56. The summed E-state index contributed by atoms with van der Waals surface area (Å²) in [5, 5.41) is 2.97. The lowest BCUT2D eigenvalue weighted by Crippen LogP contribution is -2.14. The molecule has 0 bridgehead atoms. The number of methoxy groups -OCH3 is 2. The van der Waals surface area contributed by atoms with Crippen LogP contribution in [0.25, 0.3) is 0 Å². The fourth-order valence-corrected chi connectivity index (χ4v) is 2.46. The summed E-state index contributed by atoms with van der Waals surface area (Å²) in [5.41, 5.74) is 7.15. The number of rotatable bonds is 5. The number of nitrogens with two attached hydrogens (primary N) is 1. The van der Waals surface area contributed by atoms with E-state index in [9.17, 15) is 0 Å². The zero-order valence-corrected chi connectivity index (χ0v) is 11.2. The van der Waals surface area contributed by atoms with Gasteiger partial charge in [0.15, 0.2) is 0 Å². The van der Waals surface area contributed by atoms with Crippen LogP contribution in [0.4, 0.5) is 0 Å². The molecule has 1 unspecified atom stereocenters. The van der Waals surface area contributed by atoms with Crippen LogP contribution in [-0.2, 0) is 6.42 Å². The Kier molecular flexibility index (Phi) is 4.17. The van der Waals surface area contributed by atoms with E-state index in [0.717, 1.165) is 22.1 Å². The Morgan fingerprint density at radius 3 is 2.78 bits per heavy atom. The Morgan fingerprint density at radius 1 is 1.33 bits per heavy atom. The van der Waals surface area contributed by atoms with E-state index in [4.69, 9.17) is 15.2 Å². The maximum Gasteiger partial charge on any atom is 0.123 e. The molecule has 1 aromatic carbocycles. The first-order chi connectivity index (χ1) is 8.74. The molecule has 2 aromatic rings. The summed E-state index contributed by atoms with van der Waals surface area (Å²) < 4.78 is 10.5. The van der Waals surface area contributed by atoms with E-state index in [2.05, 4.69) is 4.98 Å². The van der Waals surface area contributed by atoms with Gasteiger partial charge in [-0.1, -0.05) is 0 Å². The van der Waals surface area contributed by atoms with Gasteiger partial charge in [-0.15, -0.1) is 11.3 Å². The minimum atomic E-state index is -0.152. The zero-order chi connectivity index (χ0) is 13.0. The second kappa shape index (κ2) is 5.84. The van der Waals surface area contributed by atoms with Crippen LogP contribution in [0.3, 0.4) is 0 Å². The van der Waals surface area contributed by atoms with E-state index >= 15 is 0 Å². The molecule has 0 fully saturated rings. The molecular formula is C13H16N2O2S. The predicted octanol–water partition coefficient (Wildman–Crippen LogP) is 2.40. The molecule has 0 aliphatic heterocycles. The first-order valence-corrected chi connectivity index (χ1v) is 6.48. The number of ether oxygens (including phenoxy) is 2. The van der Waals surface area contributed by atoms with Crippen molar-refractivity contribution >= 4 is 11.3 Å². The van der Waals surface area contributed by atoms with E-state index in [1.807, 2.05) is 23.6 Å². The lowest BCUT2D eigenvalue weighted by atomic mass is 10.0. The predicted molar refractivity (Wildman–Crippen MR) is 72.3 cm³/mol. The SMILES string of the molecule is COc1ccc(OC)c(C(N)Cc2nccs2)c1. The van der Waals surface area contributed by atoms with Crippen molar-refractivity contribution in [2.75, 3.05) is 14.2 Å². The molecule has 5 heteroatoms. The molecule has 0 radical (unpaired) electrons. The molecule has 0 amide bonds. The Morgan fingerprint density at radius 2 is 2.17 bits per heavy atom. The normalized spacial score (nSPS) is 12.2. The molecule has 2 N–H and O–H groups in total. The summed E-state index contributed by atoms with van der Waals surface area (Å²) in [6.07, 6.45) is 2.48. The maximum atomic E-state index is 6.22. The van der Waals surface area contributed by atoms with Crippen molar-refractivity contribution in [3.05, 3.63) is 40.3 Å². The Bertz CT molecular complexity index is 500. The van der Waals surface area contributed by atoms with Crippen molar-refractivity contribution in [1.82, 2.24) is 4.98 Å². The zero-order valence-electron chi connectivity index (χ0n) is 10.4. The van der Waals surface area contributed by atoms with Crippen LogP contribution in [0.1, 0.15) is 16.6 Å². The maximum absolute atomic E-state index is 6.22. The molecule has 1 atom stereocenters. The highest BCUT2D eigenvalue weighted by molar-refractivity contribution is 7.09. The lowest BCUT2D eigenvalue weighted by molar-refractivity contribution is 0.395. The van der Waals surface area contributed by atoms with Gasteiger partial charge in [0.05, 0.1) is 19.2 Å². The molecule has 96 valence electrons. The van der Waals surface area contributed by atoms with Crippen LogP contribution in [0.2, 0.25) is 0 Å². The summed E-state index contributed by atoms with van der Waals surface area (Å²) in [6, 6.07) is 5.49. The molecule has 0 saturated heterocycles. The van der Waals surface area contributed by atoms with Crippen molar-refractivity contribution in [3.8, 4) is 11.5 Å². The first-order valence-electron chi connectivity index (χ1n) is 5.60. The van der Waals surface area contributed by atoms with E-state index in [-0.39, 0.29) is 6.04 Å². The van der Waals surface area contributed by atoms with Crippen LogP contribution in [0.15, 0.2) is 29.8 Å². The third kappa shape index (κ3) is 2.80. The lowest BCUT2D eigenvalue weighted by Gasteiger charge is -2.15. The number of aromatic nitrogens is 1. The van der Waals surface area contributed by atoms with Gasteiger partial charge in [-0.2, -0.15) is 0 Å². The van der Waals surface area contributed by atoms with Gasteiger partial charge in [0.1, 0.15) is 11.5 Å². The van der Waals surface area contributed by atoms with Crippen LogP contribution >= 0.6 is 11.3 Å². The molecule has 2 rings (SSSR count). The number of thiazole rings is 1. The molecule has 0 aliphatic rings. The fourth-order valence-electron chi connectivity index (χ4n) is 1.78. The van der Waals surface area contributed by atoms with Gasteiger partial charge in [0.25, 0.3) is 0 Å². The third-order valence-electron chi connectivity index (χ3n) is 2.71.